The van der Waals surface area contributed by atoms with Gasteiger partial charge in [0.05, 0.1) is 29.1 Å². The number of carbonyl (C=O) groups excluding carboxylic acids is 1. The van der Waals surface area contributed by atoms with Crippen molar-refractivity contribution in [2.24, 2.45) is 11.0 Å². The second kappa shape index (κ2) is 9.63. The number of hydrazone groups is 1. The summed E-state index contributed by atoms with van der Waals surface area (Å²) in [5.41, 5.74) is 4.73. The van der Waals surface area contributed by atoms with Gasteiger partial charge in [0.25, 0.3) is 0 Å². The number of halogens is 2. The maximum absolute atomic E-state index is 12.3. The number of ether oxygens (including phenoxy) is 1. The van der Waals surface area contributed by atoms with E-state index in [1.807, 2.05) is 26.0 Å². The van der Waals surface area contributed by atoms with Crippen LogP contribution in [0.15, 0.2) is 64.1 Å². The van der Waals surface area contributed by atoms with Crippen LogP contribution >= 0.6 is 23.2 Å². The van der Waals surface area contributed by atoms with Gasteiger partial charge in [-0.2, -0.15) is 5.10 Å². The average molecular weight is 431 g/mol. The smallest absolute Gasteiger partial charge is 0.339 e. The number of hydrogen-bond acceptors (Lipinski definition) is 5. The van der Waals surface area contributed by atoms with Gasteiger partial charge in [0.1, 0.15) is 11.5 Å². The van der Waals surface area contributed by atoms with Crippen molar-refractivity contribution in [3.05, 3.63) is 76.0 Å². The van der Waals surface area contributed by atoms with Crippen molar-refractivity contribution in [2.45, 2.75) is 13.8 Å². The third kappa shape index (κ3) is 5.86. The molecule has 150 valence electrons. The molecule has 3 rings (SSSR count). The van der Waals surface area contributed by atoms with Gasteiger partial charge < -0.3 is 9.15 Å². The van der Waals surface area contributed by atoms with E-state index < -0.39 is 5.97 Å². The number of nitrogens with zero attached hydrogens (tertiary/aromatic N) is 1. The molecule has 0 spiro atoms. The van der Waals surface area contributed by atoms with Crippen molar-refractivity contribution in [1.82, 2.24) is 0 Å². The van der Waals surface area contributed by atoms with Crippen LogP contribution in [0, 0.1) is 5.92 Å². The topological polar surface area (TPSA) is 63.8 Å². The average Bonchev–Trinajstić information content (AvgIpc) is 3.17. The van der Waals surface area contributed by atoms with Gasteiger partial charge in [0, 0.05) is 10.6 Å². The first-order valence-electron chi connectivity index (χ1n) is 9.04. The van der Waals surface area contributed by atoms with E-state index in [9.17, 15) is 4.79 Å². The van der Waals surface area contributed by atoms with Gasteiger partial charge in [-0.15, -0.1) is 0 Å². The van der Waals surface area contributed by atoms with Crippen LogP contribution in [0.5, 0.6) is 0 Å². The normalized spacial score (nSPS) is 11.2. The number of esters is 1. The van der Waals surface area contributed by atoms with Crippen LogP contribution in [0.4, 0.5) is 5.69 Å². The summed E-state index contributed by atoms with van der Waals surface area (Å²) in [5, 5.41) is 5.14. The first-order chi connectivity index (χ1) is 13.9. The van der Waals surface area contributed by atoms with Crippen LogP contribution in [-0.4, -0.2) is 18.8 Å². The fraction of sp³-hybridized carbons (Fsp3) is 0.182. The Bertz CT molecular complexity index is 1010. The largest absolute Gasteiger partial charge is 0.462 e. The maximum Gasteiger partial charge on any atom is 0.339 e. The molecule has 3 aromatic rings. The number of hydrogen-bond donors (Lipinski definition) is 1. The molecule has 0 aliphatic rings. The van der Waals surface area contributed by atoms with Crippen LogP contribution in [0.1, 0.15) is 30.0 Å². The zero-order valence-corrected chi connectivity index (χ0v) is 17.5. The lowest BCUT2D eigenvalue weighted by atomic mass is 10.1. The Morgan fingerprint density at radius 2 is 1.90 bits per heavy atom. The van der Waals surface area contributed by atoms with Crippen LogP contribution in [0.3, 0.4) is 0 Å². The number of carbonyl (C=O) groups is 1. The van der Waals surface area contributed by atoms with Gasteiger partial charge >= 0.3 is 5.97 Å². The molecule has 0 aliphatic heterocycles. The Labute approximate surface area is 179 Å². The molecule has 2 aromatic carbocycles. The van der Waals surface area contributed by atoms with E-state index in [-0.39, 0.29) is 5.92 Å². The van der Waals surface area contributed by atoms with E-state index >= 15 is 0 Å². The molecule has 0 saturated heterocycles. The molecular weight excluding hydrogens is 411 g/mol. The Morgan fingerprint density at radius 1 is 1.14 bits per heavy atom. The van der Waals surface area contributed by atoms with Crippen LogP contribution in [0.25, 0.3) is 11.3 Å². The quantitative estimate of drug-likeness (QED) is 0.263. The Morgan fingerprint density at radius 3 is 2.62 bits per heavy atom. The van der Waals surface area contributed by atoms with Gasteiger partial charge in [0.2, 0.25) is 0 Å². The summed E-state index contributed by atoms with van der Waals surface area (Å²) in [5.74, 6) is 0.938. The highest BCUT2D eigenvalue weighted by molar-refractivity contribution is 6.33. The molecule has 7 heteroatoms. The number of furan rings is 1. The molecule has 0 aliphatic carbocycles. The van der Waals surface area contributed by atoms with Gasteiger partial charge in [-0.1, -0.05) is 37.0 Å². The first-order valence-corrected chi connectivity index (χ1v) is 9.79. The predicted octanol–water partition coefficient (Wildman–Crippen LogP) is 6.51. The molecule has 0 fully saturated rings. The minimum Gasteiger partial charge on any atom is -0.462 e. The van der Waals surface area contributed by atoms with Gasteiger partial charge in [-0.3, -0.25) is 5.43 Å². The Hall–Kier alpha value is -2.76. The van der Waals surface area contributed by atoms with Crippen molar-refractivity contribution in [2.75, 3.05) is 12.0 Å². The molecule has 5 nitrogen and oxygen atoms in total. The molecule has 0 bridgehead atoms. The summed E-state index contributed by atoms with van der Waals surface area (Å²) >= 11 is 12.0. The Kier molecular flexibility index (Phi) is 6.96. The number of anilines is 1. The van der Waals surface area contributed by atoms with Crippen molar-refractivity contribution in [1.29, 1.82) is 0 Å². The van der Waals surface area contributed by atoms with Gasteiger partial charge in [-0.25, -0.2) is 4.79 Å². The van der Waals surface area contributed by atoms with E-state index in [1.54, 1.807) is 48.7 Å². The van der Waals surface area contributed by atoms with E-state index in [1.165, 1.54) is 0 Å². The predicted molar refractivity (Wildman–Crippen MR) is 117 cm³/mol. The minimum atomic E-state index is -0.453. The molecule has 1 heterocycles. The van der Waals surface area contributed by atoms with E-state index in [0.717, 1.165) is 11.3 Å². The number of nitrogens with one attached hydrogen (secondary N) is 1. The standard InChI is InChI=1S/C22H20Cl2N2O3/c1-14(2)13-28-22(27)19-11-15(3-9-20(19)24)21-10-8-18(29-21)12-25-26-17-6-4-16(23)5-7-17/h3-12,14,26H,13H2,1-2H3. The molecule has 1 aromatic heterocycles. The lowest BCUT2D eigenvalue weighted by Crippen LogP contribution is -2.10. The SMILES string of the molecule is CC(C)COC(=O)c1cc(-c2ccc(C=NNc3ccc(Cl)cc3)o2)ccc1Cl. The minimum absolute atomic E-state index is 0.245. The van der Waals surface area contributed by atoms with Crippen molar-refractivity contribution >= 4 is 41.1 Å². The molecule has 29 heavy (non-hydrogen) atoms. The van der Waals surface area contributed by atoms with E-state index in [0.29, 0.717) is 33.7 Å². The van der Waals surface area contributed by atoms with Crippen LogP contribution in [-0.2, 0) is 4.74 Å². The maximum atomic E-state index is 12.3. The summed E-state index contributed by atoms with van der Waals surface area (Å²) < 4.78 is 11.1. The van der Waals surface area contributed by atoms with Crippen LogP contribution < -0.4 is 5.43 Å². The monoisotopic (exact) mass is 430 g/mol. The van der Waals surface area contributed by atoms with Gasteiger partial charge in [0.15, 0.2) is 0 Å². The lowest BCUT2D eigenvalue weighted by Gasteiger charge is -2.09. The van der Waals surface area contributed by atoms with E-state index in [4.69, 9.17) is 32.4 Å². The third-order valence-electron chi connectivity index (χ3n) is 3.87. The molecule has 0 saturated carbocycles. The van der Waals surface area contributed by atoms with Crippen molar-refractivity contribution in [3.63, 3.8) is 0 Å². The summed E-state index contributed by atoms with van der Waals surface area (Å²) in [6.45, 7) is 4.28. The molecule has 0 amide bonds. The number of rotatable bonds is 7. The second-order valence-electron chi connectivity index (χ2n) is 6.77. The molecule has 0 radical (unpaired) electrons. The van der Waals surface area contributed by atoms with Crippen LogP contribution in [0.2, 0.25) is 10.0 Å². The highest BCUT2D eigenvalue weighted by Crippen LogP contribution is 2.27. The third-order valence-corrected chi connectivity index (χ3v) is 4.46. The van der Waals surface area contributed by atoms with Crippen molar-refractivity contribution < 1.29 is 13.9 Å². The summed E-state index contributed by atoms with van der Waals surface area (Å²) in [4.78, 5) is 12.3. The second-order valence-corrected chi connectivity index (χ2v) is 7.61. The lowest BCUT2D eigenvalue weighted by molar-refractivity contribution is 0.0459. The zero-order valence-electron chi connectivity index (χ0n) is 16.0. The zero-order chi connectivity index (χ0) is 20.8. The molecule has 0 unspecified atom stereocenters. The van der Waals surface area contributed by atoms with Crippen molar-refractivity contribution in [3.8, 4) is 11.3 Å². The fourth-order valence-corrected chi connectivity index (χ4v) is 2.75. The number of benzene rings is 2. The molecule has 1 N–H and O–H groups in total. The summed E-state index contributed by atoms with van der Waals surface area (Å²) in [6.07, 6.45) is 1.56. The van der Waals surface area contributed by atoms with E-state index in [2.05, 4.69) is 10.5 Å². The molecular formula is C22H20Cl2N2O3. The highest BCUT2D eigenvalue weighted by Gasteiger charge is 2.15. The Balaban J connectivity index is 1.71. The fourth-order valence-electron chi connectivity index (χ4n) is 2.43. The van der Waals surface area contributed by atoms with Gasteiger partial charge in [-0.05, 0) is 60.5 Å². The summed E-state index contributed by atoms with van der Waals surface area (Å²) in [7, 11) is 0. The highest BCUT2D eigenvalue weighted by atomic mass is 35.5. The summed E-state index contributed by atoms with van der Waals surface area (Å²) in [6, 6.07) is 15.9. The molecule has 0 atom stereocenters. The first kappa shape index (κ1) is 21.0.